The van der Waals surface area contributed by atoms with E-state index in [1.54, 1.807) is 11.3 Å². The number of benzene rings is 1. The lowest BCUT2D eigenvalue weighted by Crippen LogP contribution is -2.30. The van der Waals surface area contributed by atoms with Gasteiger partial charge in [0.05, 0.1) is 12.1 Å². The van der Waals surface area contributed by atoms with E-state index in [2.05, 4.69) is 41.9 Å². The Labute approximate surface area is 111 Å². The van der Waals surface area contributed by atoms with E-state index >= 15 is 0 Å². The first-order valence-corrected chi connectivity index (χ1v) is 7.19. The zero-order valence-electron chi connectivity index (χ0n) is 10.3. The van der Waals surface area contributed by atoms with Gasteiger partial charge in [0.25, 0.3) is 0 Å². The molecule has 0 amide bonds. The van der Waals surface area contributed by atoms with E-state index in [-0.39, 0.29) is 18.2 Å². The van der Waals surface area contributed by atoms with Crippen LogP contribution in [0.5, 0.6) is 0 Å². The number of hydrogen-bond donors (Lipinski definition) is 2. The molecule has 1 aliphatic carbocycles. The molecule has 0 saturated heterocycles. The zero-order valence-corrected chi connectivity index (χ0v) is 11.2. The molecule has 2 N–H and O–H groups in total. The largest absolute Gasteiger partial charge is 0.391 e. The van der Waals surface area contributed by atoms with E-state index in [0.29, 0.717) is 0 Å². The van der Waals surface area contributed by atoms with Crippen LogP contribution in [0.1, 0.15) is 35.0 Å². The van der Waals surface area contributed by atoms with Crippen molar-refractivity contribution >= 4 is 11.3 Å². The third kappa shape index (κ3) is 2.09. The normalized spacial score (nSPS) is 23.9. The van der Waals surface area contributed by atoms with Crippen molar-refractivity contribution in [2.24, 2.45) is 0 Å². The molecule has 1 heterocycles. The Balaban J connectivity index is 1.81. The molecule has 2 aromatic rings. The Morgan fingerprint density at radius 3 is 2.89 bits per heavy atom. The summed E-state index contributed by atoms with van der Waals surface area (Å²) in [4.78, 5) is 1.31. The molecule has 3 heteroatoms. The fourth-order valence-electron chi connectivity index (χ4n) is 2.66. The molecule has 2 nitrogen and oxygen atoms in total. The molecule has 18 heavy (non-hydrogen) atoms. The SMILES string of the molecule is CC(NC1c2ccccc2CC1O)c1cccs1. The fraction of sp³-hybridized carbons (Fsp3) is 0.333. The Morgan fingerprint density at radius 2 is 2.11 bits per heavy atom. The van der Waals surface area contributed by atoms with Gasteiger partial charge < -0.3 is 10.4 Å². The first-order valence-electron chi connectivity index (χ1n) is 6.31. The van der Waals surface area contributed by atoms with Gasteiger partial charge in [-0.05, 0) is 29.5 Å². The van der Waals surface area contributed by atoms with E-state index in [9.17, 15) is 5.11 Å². The van der Waals surface area contributed by atoms with Crippen LogP contribution in [0.4, 0.5) is 0 Å². The fourth-order valence-corrected chi connectivity index (χ4v) is 3.41. The molecule has 3 atom stereocenters. The highest BCUT2D eigenvalue weighted by Gasteiger charge is 2.31. The van der Waals surface area contributed by atoms with Gasteiger partial charge in [-0.2, -0.15) is 0 Å². The minimum Gasteiger partial charge on any atom is -0.391 e. The van der Waals surface area contributed by atoms with E-state index in [4.69, 9.17) is 0 Å². The summed E-state index contributed by atoms with van der Waals surface area (Å²) in [5.41, 5.74) is 2.51. The van der Waals surface area contributed by atoms with Gasteiger partial charge in [-0.1, -0.05) is 30.3 Å². The van der Waals surface area contributed by atoms with Crippen LogP contribution < -0.4 is 5.32 Å². The van der Waals surface area contributed by atoms with E-state index in [1.807, 2.05) is 12.1 Å². The van der Waals surface area contributed by atoms with Crippen molar-refractivity contribution in [2.45, 2.75) is 31.5 Å². The molecule has 0 bridgehead atoms. The molecule has 3 unspecified atom stereocenters. The maximum Gasteiger partial charge on any atom is 0.0775 e. The standard InChI is InChI=1S/C15H17NOS/c1-10(14-7-4-8-18-14)16-15-12-6-3-2-5-11(12)9-13(15)17/h2-8,10,13,15-17H,9H2,1H3. The molecule has 1 aromatic carbocycles. The molecule has 1 aromatic heterocycles. The van der Waals surface area contributed by atoms with Crippen molar-refractivity contribution in [3.63, 3.8) is 0 Å². The van der Waals surface area contributed by atoms with Gasteiger partial charge in [-0.15, -0.1) is 11.3 Å². The summed E-state index contributed by atoms with van der Waals surface area (Å²) < 4.78 is 0. The topological polar surface area (TPSA) is 32.3 Å². The van der Waals surface area contributed by atoms with Crippen molar-refractivity contribution in [3.05, 3.63) is 57.8 Å². The lowest BCUT2D eigenvalue weighted by Gasteiger charge is -2.22. The van der Waals surface area contributed by atoms with Crippen LogP contribution >= 0.6 is 11.3 Å². The van der Waals surface area contributed by atoms with Gasteiger partial charge in [0, 0.05) is 17.3 Å². The van der Waals surface area contributed by atoms with Gasteiger partial charge in [-0.25, -0.2) is 0 Å². The summed E-state index contributed by atoms with van der Waals surface area (Å²) in [6.45, 7) is 2.15. The van der Waals surface area contributed by atoms with Crippen LogP contribution in [0.2, 0.25) is 0 Å². The highest BCUT2D eigenvalue weighted by Crippen LogP contribution is 2.33. The minimum atomic E-state index is -0.315. The molecule has 0 fully saturated rings. The summed E-state index contributed by atoms with van der Waals surface area (Å²) in [5.74, 6) is 0. The number of fused-ring (bicyclic) bond motifs is 1. The predicted molar refractivity (Wildman–Crippen MR) is 74.8 cm³/mol. The maximum atomic E-state index is 10.2. The molecular weight excluding hydrogens is 242 g/mol. The summed E-state index contributed by atoms with van der Waals surface area (Å²) in [7, 11) is 0. The number of aliphatic hydroxyl groups is 1. The molecule has 0 saturated carbocycles. The van der Waals surface area contributed by atoms with E-state index in [0.717, 1.165) is 6.42 Å². The molecule has 0 aliphatic heterocycles. The monoisotopic (exact) mass is 259 g/mol. The summed E-state index contributed by atoms with van der Waals surface area (Å²) in [6.07, 6.45) is 0.440. The van der Waals surface area contributed by atoms with Crippen molar-refractivity contribution in [1.82, 2.24) is 5.32 Å². The van der Waals surface area contributed by atoms with Crippen LogP contribution in [0.3, 0.4) is 0 Å². The first kappa shape index (κ1) is 11.9. The number of rotatable bonds is 3. The number of hydrogen-bond acceptors (Lipinski definition) is 3. The molecular formula is C15H17NOS. The van der Waals surface area contributed by atoms with Crippen molar-refractivity contribution in [2.75, 3.05) is 0 Å². The Bertz CT molecular complexity index is 523. The lowest BCUT2D eigenvalue weighted by atomic mass is 10.1. The average Bonchev–Trinajstić information content (AvgIpc) is 2.98. The van der Waals surface area contributed by atoms with Crippen LogP contribution in [-0.2, 0) is 6.42 Å². The van der Waals surface area contributed by atoms with E-state index < -0.39 is 0 Å². The Morgan fingerprint density at radius 1 is 1.28 bits per heavy atom. The van der Waals surface area contributed by atoms with Crippen molar-refractivity contribution in [3.8, 4) is 0 Å². The summed E-state index contributed by atoms with van der Waals surface area (Å²) >= 11 is 1.75. The van der Waals surface area contributed by atoms with E-state index in [1.165, 1.54) is 16.0 Å². The predicted octanol–water partition coefficient (Wildman–Crippen LogP) is 3.06. The molecule has 3 rings (SSSR count). The van der Waals surface area contributed by atoms with Crippen LogP contribution in [0, 0.1) is 0 Å². The average molecular weight is 259 g/mol. The second-order valence-electron chi connectivity index (χ2n) is 4.85. The first-order chi connectivity index (χ1) is 8.75. The third-order valence-electron chi connectivity index (χ3n) is 3.60. The maximum absolute atomic E-state index is 10.2. The summed E-state index contributed by atoms with van der Waals surface area (Å²) in [6, 6.07) is 12.8. The second kappa shape index (κ2) is 4.84. The highest BCUT2D eigenvalue weighted by molar-refractivity contribution is 7.10. The number of nitrogens with one attached hydrogen (secondary N) is 1. The van der Waals surface area contributed by atoms with Gasteiger partial charge in [0.2, 0.25) is 0 Å². The number of aliphatic hydroxyl groups excluding tert-OH is 1. The van der Waals surface area contributed by atoms with Gasteiger partial charge in [0.15, 0.2) is 0 Å². The second-order valence-corrected chi connectivity index (χ2v) is 5.83. The molecule has 0 radical (unpaired) electrons. The Hall–Kier alpha value is -1.16. The zero-order chi connectivity index (χ0) is 12.5. The highest BCUT2D eigenvalue weighted by atomic mass is 32.1. The van der Waals surface area contributed by atoms with Crippen LogP contribution in [-0.4, -0.2) is 11.2 Å². The van der Waals surface area contributed by atoms with Crippen LogP contribution in [0.25, 0.3) is 0 Å². The molecule has 1 aliphatic rings. The van der Waals surface area contributed by atoms with Crippen molar-refractivity contribution in [1.29, 1.82) is 0 Å². The summed E-state index contributed by atoms with van der Waals surface area (Å²) in [5, 5.41) is 15.8. The molecule has 0 spiro atoms. The molecule has 94 valence electrons. The van der Waals surface area contributed by atoms with Gasteiger partial charge in [0.1, 0.15) is 0 Å². The van der Waals surface area contributed by atoms with Crippen molar-refractivity contribution < 1.29 is 5.11 Å². The van der Waals surface area contributed by atoms with Crippen LogP contribution in [0.15, 0.2) is 41.8 Å². The van der Waals surface area contributed by atoms with Gasteiger partial charge in [-0.3, -0.25) is 0 Å². The minimum absolute atomic E-state index is 0.0540. The Kier molecular flexibility index (Phi) is 3.20. The number of thiophene rings is 1. The lowest BCUT2D eigenvalue weighted by molar-refractivity contribution is 0.136. The quantitative estimate of drug-likeness (QED) is 0.888. The third-order valence-corrected chi connectivity index (χ3v) is 4.66. The smallest absolute Gasteiger partial charge is 0.0775 e. The van der Waals surface area contributed by atoms with Gasteiger partial charge >= 0.3 is 0 Å².